The predicted octanol–water partition coefficient (Wildman–Crippen LogP) is 0.462. The van der Waals surface area contributed by atoms with Gasteiger partial charge in [-0.1, -0.05) is 0 Å². The van der Waals surface area contributed by atoms with Gasteiger partial charge in [-0.3, -0.25) is 0 Å². The lowest BCUT2D eigenvalue weighted by Crippen LogP contribution is -2.36. The summed E-state index contributed by atoms with van der Waals surface area (Å²) in [7, 11) is 0. The molecule has 6 nitrogen and oxygen atoms in total. The topological polar surface area (TPSA) is 76.3 Å². The van der Waals surface area contributed by atoms with Gasteiger partial charge in [-0.15, -0.1) is 0 Å². The molecule has 0 saturated carbocycles. The van der Waals surface area contributed by atoms with E-state index in [1.54, 1.807) is 6.33 Å². The number of ether oxygens (including phenoxy) is 1. The highest BCUT2D eigenvalue weighted by atomic mass is 16.5. The second kappa shape index (κ2) is 6.51. The number of rotatable bonds is 5. The first-order valence-corrected chi connectivity index (χ1v) is 6.40. The van der Waals surface area contributed by atoms with Crippen LogP contribution < -0.4 is 16.0 Å². The Morgan fingerprint density at radius 3 is 2.94 bits per heavy atom. The zero-order valence-electron chi connectivity index (χ0n) is 10.8. The molecule has 1 aliphatic heterocycles. The minimum Gasteiger partial charge on any atom is -0.378 e. The molecule has 1 saturated heterocycles. The van der Waals surface area contributed by atoms with Crippen LogP contribution in [0.5, 0.6) is 0 Å². The lowest BCUT2D eigenvalue weighted by atomic mass is 10.2. The quantitative estimate of drug-likeness (QED) is 0.792. The van der Waals surface area contributed by atoms with E-state index >= 15 is 0 Å². The molecule has 1 aromatic rings. The van der Waals surface area contributed by atoms with Crippen molar-refractivity contribution in [2.75, 3.05) is 43.1 Å². The standard InChI is InChI=1S/C12H21N5O/c1-10(13)2-3-14-11-8-12(16-9-15-11)17-4-6-18-7-5-17/h8-10H,2-7,13H2,1H3,(H,14,15,16). The van der Waals surface area contributed by atoms with E-state index in [-0.39, 0.29) is 6.04 Å². The molecule has 0 aromatic carbocycles. The van der Waals surface area contributed by atoms with Crippen molar-refractivity contribution in [2.24, 2.45) is 5.73 Å². The molecule has 1 fully saturated rings. The maximum absolute atomic E-state index is 5.71. The van der Waals surface area contributed by atoms with E-state index in [1.165, 1.54) is 0 Å². The maximum Gasteiger partial charge on any atom is 0.134 e. The summed E-state index contributed by atoms with van der Waals surface area (Å²) in [5.74, 6) is 1.81. The molecular weight excluding hydrogens is 230 g/mol. The van der Waals surface area contributed by atoms with Crippen molar-refractivity contribution in [1.29, 1.82) is 0 Å². The number of morpholine rings is 1. The first-order chi connectivity index (χ1) is 8.75. The van der Waals surface area contributed by atoms with Gasteiger partial charge in [-0.05, 0) is 13.3 Å². The molecule has 0 amide bonds. The van der Waals surface area contributed by atoms with Crippen molar-refractivity contribution in [3.05, 3.63) is 12.4 Å². The summed E-state index contributed by atoms with van der Waals surface area (Å²) in [6, 6.07) is 2.19. The Hall–Kier alpha value is -1.40. The zero-order valence-corrected chi connectivity index (χ0v) is 10.8. The molecule has 0 radical (unpaired) electrons. The van der Waals surface area contributed by atoms with Crippen molar-refractivity contribution in [3.8, 4) is 0 Å². The molecule has 3 N–H and O–H groups in total. The van der Waals surface area contributed by atoms with Crippen molar-refractivity contribution in [3.63, 3.8) is 0 Å². The SMILES string of the molecule is CC(N)CCNc1cc(N2CCOCC2)ncn1. The molecule has 6 heteroatoms. The molecule has 0 spiro atoms. The highest BCUT2D eigenvalue weighted by molar-refractivity contribution is 5.48. The third-order valence-electron chi connectivity index (χ3n) is 2.89. The molecule has 100 valence electrons. The number of aromatic nitrogens is 2. The monoisotopic (exact) mass is 251 g/mol. The van der Waals surface area contributed by atoms with Crippen LogP contribution in [0.2, 0.25) is 0 Å². The van der Waals surface area contributed by atoms with Gasteiger partial charge in [0, 0.05) is 31.7 Å². The van der Waals surface area contributed by atoms with Gasteiger partial charge < -0.3 is 20.7 Å². The van der Waals surface area contributed by atoms with E-state index in [2.05, 4.69) is 20.2 Å². The molecule has 2 rings (SSSR count). The Morgan fingerprint density at radius 2 is 2.22 bits per heavy atom. The summed E-state index contributed by atoms with van der Waals surface area (Å²) < 4.78 is 5.33. The fourth-order valence-corrected chi connectivity index (χ4v) is 1.84. The van der Waals surface area contributed by atoms with E-state index in [0.717, 1.165) is 50.9 Å². The zero-order chi connectivity index (χ0) is 12.8. The number of nitrogens with one attached hydrogen (secondary N) is 1. The average molecular weight is 251 g/mol. The van der Waals surface area contributed by atoms with Gasteiger partial charge >= 0.3 is 0 Å². The third kappa shape index (κ3) is 3.82. The normalized spacial score (nSPS) is 17.6. The minimum atomic E-state index is 0.207. The van der Waals surface area contributed by atoms with Gasteiger partial charge in [0.2, 0.25) is 0 Å². The Morgan fingerprint density at radius 1 is 1.44 bits per heavy atom. The molecule has 0 aliphatic carbocycles. The summed E-state index contributed by atoms with van der Waals surface area (Å²) in [6.45, 7) is 6.12. The lowest BCUT2D eigenvalue weighted by molar-refractivity contribution is 0.122. The summed E-state index contributed by atoms with van der Waals surface area (Å²) >= 11 is 0. The van der Waals surface area contributed by atoms with Gasteiger partial charge in [0.05, 0.1) is 13.2 Å². The van der Waals surface area contributed by atoms with E-state index in [9.17, 15) is 0 Å². The Kier molecular flexibility index (Phi) is 4.72. The lowest BCUT2D eigenvalue weighted by Gasteiger charge is -2.27. The number of anilines is 2. The van der Waals surface area contributed by atoms with Gasteiger partial charge in [-0.2, -0.15) is 0 Å². The van der Waals surface area contributed by atoms with Gasteiger partial charge in [0.15, 0.2) is 0 Å². The van der Waals surface area contributed by atoms with Crippen LogP contribution in [0.25, 0.3) is 0 Å². The van der Waals surface area contributed by atoms with E-state index in [1.807, 2.05) is 13.0 Å². The largest absolute Gasteiger partial charge is 0.378 e. The first-order valence-electron chi connectivity index (χ1n) is 6.40. The highest BCUT2D eigenvalue weighted by Gasteiger charge is 2.12. The van der Waals surface area contributed by atoms with Crippen LogP contribution in [-0.2, 0) is 4.74 Å². The van der Waals surface area contributed by atoms with E-state index in [4.69, 9.17) is 10.5 Å². The summed E-state index contributed by atoms with van der Waals surface area (Å²) in [4.78, 5) is 10.7. The van der Waals surface area contributed by atoms with Crippen LogP contribution in [-0.4, -0.2) is 48.9 Å². The maximum atomic E-state index is 5.71. The van der Waals surface area contributed by atoms with Crippen LogP contribution in [0, 0.1) is 0 Å². The van der Waals surface area contributed by atoms with Crippen molar-refractivity contribution >= 4 is 11.6 Å². The molecule has 1 unspecified atom stereocenters. The summed E-state index contributed by atoms with van der Waals surface area (Å²) in [6.07, 6.45) is 2.52. The van der Waals surface area contributed by atoms with Crippen molar-refractivity contribution in [2.45, 2.75) is 19.4 Å². The van der Waals surface area contributed by atoms with E-state index < -0.39 is 0 Å². The first kappa shape index (κ1) is 13.0. The third-order valence-corrected chi connectivity index (χ3v) is 2.89. The number of nitrogens with zero attached hydrogens (tertiary/aromatic N) is 3. The molecule has 18 heavy (non-hydrogen) atoms. The molecule has 2 heterocycles. The Labute approximate surface area is 108 Å². The summed E-state index contributed by atoms with van der Waals surface area (Å²) in [5.41, 5.74) is 5.71. The number of hydrogen-bond donors (Lipinski definition) is 2. The van der Waals surface area contributed by atoms with Crippen LogP contribution >= 0.6 is 0 Å². The van der Waals surface area contributed by atoms with E-state index in [0.29, 0.717) is 0 Å². The molecule has 1 atom stereocenters. The minimum absolute atomic E-state index is 0.207. The average Bonchev–Trinajstić information content (AvgIpc) is 2.40. The summed E-state index contributed by atoms with van der Waals surface area (Å²) in [5, 5.41) is 3.27. The fourth-order valence-electron chi connectivity index (χ4n) is 1.84. The number of nitrogens with two attached hydrogens (primary N) is 1. The second-order valence-corrected chi connectivity index (χ2v) is 4.55. The van der Waals surface area contributed by atoms with Crippen LogP contribution in [0.3, 0.4) is 0 Å². The second-order valence-electron chi connectivity index (χ2n) is 4.55. The van der Waals surface area contributed by atoms with Gasteiger partial charge in [-0.25, -0.2) is 9.97 Å². The number of hydrogen-bond acceptors (Lipinski definition) is 6. The smallest absolute Gasteiger partial charge is 0.134 e. The fraction of sp³-hybridized carbons (Fsp3) is 0.667. The molecule has 0 bridgehead atoms. The predicted molar refractivity (Wildman–Crippen MR) is 71.8 cm³/mol. The van der Waals surface area contributed by atoms with Gasteiger partial charge in [0.25, 0.3) is 0 Å². The Bertz CT molecular complexity index is 365. The highest BCUT2D eigenvalue weighted by Crippen LogP contribution is 2.15. The molecule has 1 aliphatic rings. The molecular formula is C12H21N5O. The van der Waals surface area contributed by atoms with Crippen LogP contribution in [0.15, 0.2) is 12.4 Å². The van der Waals surface area contributed by atoms with Gasteiger partial charge in [0.1, 0.15) is 18.0 Å². The van der Waals surface area contributed by atoms with Crippen LogP contribution in [0.4, 0.5) is 11.6 Å². The Balaban J connectivity index is 1.91. The van der Waals surface area contributed by atoms with Crippen molar-refractivity contribution < 1.29 is 4.74 Å². The van der Waals surface area contributed by atoms with Crippen LogP contribution in [0.1, 0.15) is 13.3 Å². The molecule has 1 aromatic heterocycles. The van der Waals surface area contributed by atoms with Crippen molar-refractivity contribution in [1.82, 2.24) is 9.97 Å².